The summed E-state index contributed by atoms with van der Waals surface area (Å²) in [6, 6.07) is 4.63. The van der Waals surface area contributed by atoms with Gasteiger partial charge in [-0.15, -0.1) is 0 Å². The summed E-state index contributed by atoms with van der Waals surface area (Å²) in [5, 5.41) is 2.27. The van der Waals surface area contributed by atoms with Crippen molar-refractivity contribution >= 4 is 27.7 Å². The minimum absolute atomic E-state index is 0.164. The summed E-state index contributed by atoms with van der Waals surface area (Å²) in [4.78, 5) is 15.5. The minimum Gasteiger partial charge on any atom is -0.306 e. The summed E-state index contributed by atoms with van der Waals surface area (Å²) in [5.74, 6) is -5.31. The first-order valence-corrected chi connectivity index (χ1v) is 5.84. The van der Waals surface area contributed by atoms with E-state index in [1.807, 2.05) is 0 Å². The van der Waals surface area contributed by atoms with E-state index >= 15 is 0 Å². The van der Waals surface area contributed by atoms with Crippen molar-refractivity contribution in [2.75, 3.05) is 5.32 Å². The first-order valence-electron chi connectivity index (χ1n) is 5.05. The van der Waals surface area contributed by atoms with E-state index in [9.17, 15) is 18.0 Å². The second-order valence-electron chi connectivity index (χ2n) is 3.54. The number of rotatable bonds is 2. The first kappa shape index (κ1) is 13.5. The molecule has 0 aliphatic rings. The van der Waals surface area contributed by atoms with Crippen LogP contribution in [0, 0.1) is 17.5 Å². The zero-order valence-electron chi connectivity index (χ0n) is 9.25. The van der Waals surface area contributed by atoms with E-state index in [-0.39, 0.29) is 5.82 Å². The molecule has 0 atom stereocenters. The highest BCUT2D eigenvalue weighted by molar-refractivity contribution is 9.10. The number of pyridine rings is 1. The molecule has 98 valence electrons. The number of hydrogen-bond acceptors (Lipinski definition) is 2. The molecule has 0 saturated carbocycles. The molecule has 0 fully saturated rings. The molecule has 19 heavy (non-hydrogen) atoms. The van der Waals surface area contributed by atoms with Crippen LogP contribution in [0.3, 0.4) is 0 Å². The van der Waals surface area contributed by atoms with Crippen LogP contribution in [-0.2, 0) is 0 Å². The first-order chi connectivity index (χ1) is 8.99. The molecule has 0 bridgehead atoms. The highest BCUT2D eigenvalue weighted by Crippen LogP contribution is 2.17. The number of hydrogen-bond donors (Lipinski definition) is 1. The van der Waals surface area contributed by atoms with E-state index in [0.29, 0.717) is 10.5 Å². The van der Waals surface area contributed by atoms with Crippen LogP contribution in [0.2, 0.25) is 0 Å². The van der Waals surface area contributed by atoms with Gasteiger partial charge in [0.15, 0.2) is 17.5 Å². The van der Waals surface area contributed by atoms with Gasteiger partial charge in [-0.25, -0.2) is 18.2 Å². The molecular weight excluding hydrogens is 325 g/mol. The Bertz CT molecular complexity index is 632. The van der Waals surface area contributed by atoms with Crippen molar-refractivity contribution in [3.8, 4) is 0 Å². The molecule has 3 nitrogen and oxygen atoms in total. The molecule has 0 unspecified atom stereocenters. The second-order valence-corrected chi connectivity index (χ2v) is 4.45. The molecule has 1 amide bonds. The number of benzene rings is 1. The van der Waals surface area contributed by atoms with Gasteiger partial charge in [-0.3, -0.25) is 4.79 Å². The lowest BCUT2D eigenvalue weighted by Crippen LogP contribution is -2.15. The van der Waals surface area contributed by atoms with E-state index in [4.69, 9.17) is 0 Å². The summed E-state index contributed by atoms with van der Waals surface area (Å²) in [7, 11) is 0. The summed E-state index contributed by atoms with van der Waals surface area (Å²) in [6.07, 6.45) is 1.43. The molecule has 1 heterocycles. The van der Waals surface area contributed by atoms with Gasteiger partial charge in [0.05, 0.1) is 5.56 Å². The average molecular weight is 331 g/mol. The Hall–Kier alpha value is -1.89. The summed E-state index contributed by atoms with van der Waals surface area (Å²) in [5.41, 5.74) is -0.594. The van der Waals surface area contributed by atoms with Crippen LogP contribution in [-0.4, -0.2) is 10.9 Å². The predicted molar refractivity (Wildman–Crippen MR) is 66.2 cm³/mol. The fraction of sp³-hybridized carbons (Fsp3) is 0. The molecule has 1 N–H and O–H groups in total. The molecular formula is C12H6BrF3N2O. The lowest BCUT2D eigenvalue weighted by Gasteiger charge is -2.06. The van der Waals surface area contributed by atoms with Gasteiger partial charge in [0.2, 0.25) is 0 Å². The van der Waals surface area contributed by atoms with E-state index in [2.05, 4.69) is 26.2 Å². The number of nitrogens with one attached hydrogen (secondary N) is 1. The van der Waals surface area contributed by atoms with Crippen LogP contribution in [0.25, 0.3) is 0 Å². The van der Waals surface area contributed by atoms with Gasteiger partial charge in [-0.05, 0) is 40.2 Å². The maximum atomic E-state index is 13.4. The molecule has 1 aromatic heterocycles. The van der Waals surface area contributed by atoms with Gasteiger partial charge >= 0.3 is 0 Å². The van der Waals surface area contributed by atoms with Gasteiger partial charge in [0.1, 0.15) is 5.82 Å². The number of nitrogens with zero attached hydrogens (tertiary/aromatic N) is 1. The summed E-state index contributed by atoms with van der Waals surface area (Å²) in [6.45, 7) is 0. The number of anilines is 1. The SMILES string of the molecule is O=C(Nc1ccc(Br)cn1)c1ccc(F)c(F)c1F. The zero-order chi connectivity index (χ0) is 14.0. The van der Waals surface area contributed by atoms with Crippen LogP contribution >= 0.6 is 15.9 Å². The van der Waals surface area contributed by atoms with Crippen molar-refractivity contribution < 1.29 is 18.0 Å². The number of aromatic nitrogens is 1. The highest BCUT2D eigenvalue weighted by Gasteiger charge is 2.18. The van der Waals surface area contributed by atoms with Crippen molar-refractivity contribution in [2.24, 2.45) is 0 Å². The normalized spacial score (nSPS) is 10.3. The van der Waals surface area contributed by atoms with Gasteiger partial charge in [-0.2, -0.15) is 0 Å². The van der Waals surface area contributed by atoms with E-state index < -0.39 is 28.9 Å². The zero-order valence-corrected chi connectivity index (χ0v) is 10.8. The molecule has 0 radical (unpaired) electrons. The molecule has 7 heteroatoms. The van der Waals surface area contributed by atoms with E-state index in [1.54, 1.807) is 6.07 Å². The second kappa shape index (κ2) is 5.40. The van der Waals surface area contributed by atoms with Crippen LogP contribution in [0.4, 0.5) is 19.0 Å². The maximum absolute atomic E-state index is 13.4. The lowest BCUT2D eigenvalue weighted by molar-refractivity contribution is 0.102. The van der Waals surface area contributed by atoms with E-state index in [0.717, 1.165) is 6.07 Å². The Balaban J connectivity index is 2.25. The molecule has 0 aliphatic heterocycles. The number of amides is 1. The topological polar surface area (TPSA) is 42.0 Å². The van der Waals surface area contributed by atoms with Crippen molar-refractivity contribution in [1.82, 2.24) is 4.98 Å². The number of carbonyl (C=O) groups excluding carboxylic acids is 1. The predicted octanol–water partition coefficient (Wildman–Crippen LogP) is 3.51. The summed E-state index contributed by atoms with van der Waals surface area (Å²) >= 11 is 3.16. The summed E-state index contributed by atoms with van der Waals surface area (Å²) < 4.78 is 39.8. The van der Waals surface area contributed by atoms with Crippen LogP contribution < -0.4 is 5.32 Å². The third kappa shape index (κ3) is 2.93. The fourth-order valence-electron chi connectivity index (χ4n) is 1.33. The third-order valence-corrected chi connectivity index (χ3v) is 2.72. The van der Waals surface area contributed by atoms with Crippen molar-refractivity contribution in [3.05, 3.63) is 58.0 Å². The number of carbonyl (C=O) groups is 1. The van der Waals surface area contributed by atoms with Gasteiger partial charge < -0.3 is 5.32 Å². The van der Waals surface area contributed by atoms with Crippen molar-refractivity contribution in [2.45, 2.75) is 0 Å². The largest absolute Gasteiger partial charge is 0.306 e. The standard InChI is InChI=1S/C12H6BrF3N2O/c13-6-1-4-9(17-5-6)18-12(19)7-2-3-8(14)11(16)10(7)15/h1-5H,(H,17,18,19). The molecule has 2 aromatic rings. The Morgan fingerprint density at radius 1 is 1.11 bits per heavy atom. The Morgan fingerprint density at radius 3 is 2.47 bits per heavy atom. The van der Waals surface area contributed by atoms with Crippen molar-refractivity contribution in [3.63, 3.8) is 0 Å². The molecule has 0 saturated heterocycles. The third-order valence-electron chi connectivity index (χ3n) is 2.25. The maximum Gasteiger partial charge on any atom is 0.259 e. The number of halogens is 4. The Morgan fingerprint density at radius 2 is 1.84 bits per heavy atom. The van der Waals surface area contributed by atoms with Gasteiger partial charge in [-0.1, -0.05) is 0 Å². The van der Waals surface area contributed by atoms with Gasteiger partial charge in [0, 0.05) is 10.7 Å². The van der Waals surface area contributed by atoms with Crippen LogP contribution in [0.15, 0.2) is 34.9 Å². The fourth-order valence-corrected chi connectivity index (χ4v) is 1.57. The Labute approximate surface area is 114 Å². The van der Waals surface area contributed by atoms with Crippen LogP contribution in [0.1, 0.15) is 10.4 Å². The lowest BCUT2D eigenvalue weighted by atomic mass is 10.2. The molecule has 2 rings (SSSR count). The molecule has 0 aliphatic carbocycles. The van der Waals surface area contributed by atoms with Crippen LogP contribution in [0.5, 0.6) is 0 Å². The molecule has 1 aromatic carbocycles. The van der Waals surface area contributed by atoms with E-state index in [1.165, 1.54) is 12.3 Å². The van der Waals surface area contributed by atoms with Crippen molar-refractivity contribution in [1.29, 1.82) is 0 Å². The minimum atomic E-state index is -1.68. The smallest absolute Gasteiger partial charge is 0.259 e. The molecule has 0 spiro atoms. The Kier molecular flexibility index (Phi) is 3.84. The highest BCUT2D eigenvalue weighted by atomic mass is 79.9. The quantitative estimate of drug-likeness (QED) is 0.856. The monoisotopic (exact) mass is 330 g/mol. The van der Waals surface area contributed by atoms with Gasteiger partial charge in [0.25, 0.3) is 5.91 Å². The average Bonchev–Trinajstić information content (AvgIpc) is 2.39.